The van der Waals surface area contributed by atoms with Crippen molar-refractivity contribution in [3.05, 3.63) is 53.6 Å². The molecule has 0 unspecified atom stereocenters. The van der Waals surface area contributed by atoms with Crippen molar-refractivity contribution in [1.29, 1.82) is 0 Å². The highest BCUT2D eigenvalue weighted by Crippen LogP contribution is 2.25. The highest BCUT2D eigenvalue weighted by molar-refractivity contribution is 6.33. The van der Waals surface area contributed by atoms with Gasteiger partial charge in [0.25, 0.3) is 5.91 Å². The van der Waals surface area contributed by atoms with Gasteiger partial charge in [-0.25, -0.2) is 5.43 Å². The van der Waals surface area contributed by atoms with Crippen LogP contribution in [0.3, 0.4) is 0 Å². The third kappa shape index (κ3) is 6.63. The summed E-state index contributed by atoms with van der Waals surface area (Å²) in [5.41, 5.74) is 3.30. The van der Waals surface area contributed by atoms with Gasteiger partial charge in [-0.05, 0) is 31.2 Å². The molecule has 0 radical (unpaired) electrons. The summed E-state index contributed by atoms with van der Waals surface area (Å²) in [4.78, 5) is 23.8. The first-order valence-electron chi connectivity index (χ1n) is 8.11. The SMILES string of the molecule is COc1ccccc1OCC(=O)N/N=C(/C)CC(=O)Nc1ccccc1Cl. The average molecular weight is 390 g/mol. The lowest BCUT2D eigenvalue weighted by Gasteiger charge is -2.09. The molecule has 2 N–H and O–H groups in total. The van der Waals surface area contributed by atoms with Gasteiger partial charge in [-0.15, -0.1) is 0 Å². The second-order valence-corrected chi connectivity index (χ2v) is 5.93. The second kappa shape index (κ2) is 10.2. The number of nitrogens with zero attached hydrogens (tertiary/aromatic N) is 1. The first-order chi connectivity index (χ1) is 13.0. The van der Waals surface area contributed by atoms with Crippen LogP contribution in [0.5, 0.6) is 11.5 Å². The zero-order valence-corrected chi connectivity index (χ0v) is 15.7. The number of carbonyl (C=O) groups is 2. The Kier molecular flexibility index (Phi) is 7.63. The molecular weight excluding hydrogens is 370 g/mol. The number of anilines is 1. The van der Waals surface area contributed by atoms with Crippen molar-refractivity contribution >= 4 is 34.8 Å². The fourth-order valence-corrected chi connectivity index (χ4v) is 2.28. The zero-order chi connectivity index (χ0) is 19.6. The summed E-state index contributed by atoms with van der Waals surface area (Å²) in [6.45, 7) is 1.40. The molecule has 0 aromatic heterocycles. The minimum absolute atomic E-state index is 0.0128. The molecular formula is C19H20ClN3O4. The number of carbonyl (C=O) groups excluding carboxylic acids is 2. The number of methoxy groups -OCH3 is 1. The molecule has 0 spiro atoms. The summed E-state index contributed by atoms with van der Waals surface area (Å²) in [6, 6.07) is 13.9. The normalized spacial score (nSPS) is 10.9. The van der Waals surface area contributed by atoms with Crippen LogP contribution in [0.4, 0.5) is 5.69 Å². The first-order valence-corrected chi connectivity index (χ1v) is 8.49. The third-order valence-corrected chi connectivity index (χ3v) is 3.69. The van der Waals surface area contributed by atoms with Crippen molar-refractivity contribution in [2.45, 2.75) is 13.3 Å². The number of benzene rings is 2. The number of hydrogen-bond donors (Lipinski definition) is 2. The van der Waals surface area contributed by atoms with E-state index in [0.29, 0.717) is 27.9 Å². The van der Waals surface area contributed by atoms with Crippen LogP contribution in [-0.4, -0.2) is 31.2 Å². The standard InChI is InChI=1S/C19H20ClN3O4/c1-13(11-18(24)21-15-8-4-3-7-14(15)20)22-23-19(25)12-27-17-10-6-5-9-16(17)26-2/h3-10H,11-12H2,1-2H3,(H,21,24)(H,23,25)/b22-13-. The summed E-state index contributed by atoms with van der Waals surface area (Å²) >= 11 is 5.99. The highest BCUT2D eigenvalue weighted by atomic mass is 35.5. The largest absolute Gasteiger partial charge is 0.493 e. The molecule has 2 aromatic carbocycles. The van der Waals surface area contributed by atoms with Gasteiger partial charge in [0, 0.05) is 5.71 Å². The Labute approximate surface area is 162 Å². The van der Waals surface area contributed by atoms with Crippen LogP contribution in [-0.2, 0) is 9.59 Å². The second-order valence-electron chi connectivity index (χ2n) is 5.53. The molecule has 0 aliphatic heterocycles. The van der Waals surface area contributed by atoms with Gasteiger partial charge in [0.2, 0.25) is 5.91 Å². The van der Waals surface area contributed by atoms with Crippen LogP contribution in [0.15, 0.2) is 53.6 Å². The molecule has 0 bridgehead atoms. The van der Waals surface area contributed by atoms with E-state index < -0.39 is 5.91 Å². The Hall–Kier alpha value is -3.06. The number of rotatable bonds is 8. The average Bonchev–Trinajstić information content (AvgIpc) is 2.66. The topological polar surface area (TPSA) is 89.0 Å². The Morgan fingerprint density at radius 2 is 1.70 bits per heavy atom. The molecule has 2 rings (SSSR count). The maximum atomic E-state index is 12.0. The van der Waals surface area contributed by atoms with Gasteiger partial charge in [-0.2, -0.15) is 5.10 Å². The Bertz CT molecular complexity index is 839. The molecule has 2 amide bonds. The molecule has 0 aliphatic rings. The number of halogens is 1. The molecule has 7 nitrogen and oxygen atoms in total. The van der Waals surface area contributed by atoms with Gasteiger partial charge in [-0.1, -0.05) is 35.9 Å². The fraction of sp³-hybridized carbons (Fsp3) is 0.211. The van der Waals surface area contributed by atoms with Gasteiger partial charge in [0.15, 0.2) is 18.1 Å². The van der Waals surface area contributed by atoms with Crippen molar-refractivity contribution in [2.75, 3.05) is 19.0 Å². The number of hydrogen-bond acceptors (Lipinski definition) is 5. The van der Waals surface area contributed by atoms with Gasteiger partial charge in [0.05, 0.1) is 24.2 Å². The Balaban J connectivity index is 1.79. The van der Waals surface area contributed by atoms with E-state index in [1.165, 1.54) is 7.11 Å². The van der Waals surface area contributed by atoms with Crippen LogP contribution >= 0.6 is 11.6 Å². The van der Waals surface area contributed by atoms with Crippen LogP contribution in [0.1, 0.15) is 13.3 Å². The summed E-state index contributed by atoms with van der Waals surface area (Å²) < 4.78 is 10.5. The molecule has 2 aromatic rings. The number of para-hydroxylation sites is 3. The van der Waals surface area contributed by atoms with E-state index in [1.807, 2.05) is 0 Å². The number of hydrazone groups is 1. The third-order valence-electron chi connectivity index (χ3n) is 3.36. The number of nitrogens with one attached hydrogen (secondary N) is 2. The van der Waals surface area contributed by atoms with Crippen molar-refractivity contribution in [3.8, 4) is 11.5 Å². The predicted octanol–water partition coefficient (Wildman–Crippen LogP) is 3.25. The van der Waals surface area contributed by atoms with Gasteiger partial charge < -0.3 is 14.8 Å². The smallest absolute Gasteiger partial charge is 0.277 e. The predicted molar refractivity (Wildman–Crippen MR) is 104 cm³/mol. The van der Waals surface area contributed by atoms with Crippen LogP contribution in [0, 0.1) is 0 Å². The van der Waals surface area contributed by atoms with Crippen molar-refractivity contribution < 1.29 is 19.1 Å². The summed E-state index contributed by atoms with van der Waals surface area (Å²) in [6.07, 6.45) is 0.0128. The van der Waals surface area contributed by atoms with Gasteiger partial charge in [0.1, 0.15) is 0 Å². The van der Waals surface area contributed by atoms with Gasteiger partial charge >= 0.3 is 0 Å². The van der Waals surface area contributed by atoms with E-state index in [1.54, 1.807) is 55.5 Å². The van der Waals surface area contributed by atoms with Crippen LogP contribution in [0.25, 0.3) is 0 Å². The summed E-state index contributed by atoms with van der Waals surface area (Å²) in [5.74, 6) is 0.242. The van der Waals surface area contributed by atoms with E-state index in [0.717, 1.165) is 0 Å². The molecule has 0 fully saturated rings. The van der Waals surface area contributed by atoms with Crippen molar-refractivity contribution in [1.82, 2.24) is 5.43 Å². The minimum Gasteiger partial charge on any atom is -0.493 e. The molecule has 8 heteroatoms. The number of ether oxygens (including phenoxy) is 2. The molecule has 0 saturated heterocycles. The highest BCUT2D eigenvalue weighted by Gasteiger charge is 2.09. The maximum Gasteiger partial charge on any atom is 0.277 e. The fourth-order valence-electron chi connectivity index (χ4n) is 2.10. The molecule has 142 valence electrons. The lowest BCUT2D eigenvalue weighted by atomic mass is 10.2. The van der Waals surface area contributed by atoms with Crippen molar-refractivity contribution in [2.24, 2.45) is 5.10 Å². The Morgan fingerprint density at radius 3 is 2.41 bits per heavy atom. The maximum absolute atomic E-state index is 12.0. The van der Waals surface area contributed by atoms with E-state index in [2.05, 4.69) is 15.8 Å². The molecule has 0 heterocycles. The van der Waals surface area contributed by atoms with Gasteiger partial charge in [-0.3, -0.25) is 9.59 Å². The quantitative estimate of drug-likeness (QED) is 0.535. The monoisotopic (exact) mass is 389 g/mol. The van der Waals surface area contributed by atoms with E-state index in [4.69, 9.17) is 21.1 Å². The molecule has 0 aliphatic carbocycles. The van der Waals surface area contributed by atoms with Crippen LogP contribution in [0.2, 0.25) is 5.02 Å². The summed E-state index contributed by atoms with van der Waals surface area (Å²) in [5, 5.41) is 7.03. The van der Waals surface area contributed by atoms with Crippen LogP contribution < -0.4 is 20.2 Å². The Morgan fingerprint density at radius 1 is 1.04 bits per heavy atom. The zero-order valence-electron chi connectivity index (χ0n) is 15.0. The first kappa shape index (κ1) is 20.3. The number of amides is 2. The lowest BCUT2D eigenvalue weighted by Crippen LogP contribution is -2.26. The molecule has 27 heavy (non-hydrogen) atoms. The summed E-state index contributed by atoms with van der Waals surface area (Å²) in [7, 11) is 1.52. The van der Waals surface area contributed by atoms with E-state index in [-0.39, 0.29) is 18.9 Å². The van der Waals surface area contributed by atoms with Crippen molar-refractivity contribution in [3.63, 3.8) is 0 Å². The minimum atomic E-state index is -0.452. The lowest BCUT2D eigenvalue weighted by molar-refractivity contribution is -0.123. The van der Waals surface area contributed by atoms with E-state index in [9.17, 15) is 9.59 Å². The molecule has 0 saturated carbocycles. The van der Waals surface area contributed by atoms with E-state index >= 15 is 0 Å². The molecule has 0 atom stereocenters.